The number of rotatable bonds is 10. The second kappa shape index (κ2) is 11.1. The lowest BCUT2D eigenvalue weighted by Gasteiger charge is -2.30. The normalized spacial score (nSPS) is 18.8. The van der Waals surface area contributed by atoms with E-state index < -0.39 is 17.7 Å². The first kappa shape index (κ1) is 25.0. The first-order chi connectivity index (χ1) is 17.0. The van der Waals surface area contributed by atoms with Gasteiger partial charge in [-0.3, -0.25) is 14.5 Å². The summed E-state index contributed by atoms with van der Waals surface area (Å²) in [6.07, 6.45) is 0.681. The zero-order chi connectivity index (χ0) is 24.9. The maximum Gasteiger partial charge on any atom is 0.290 e. The Labute approximate surface area is 208 Å². The summed E-state index contributed by atoms with van der Waals surface area (Å²) in [6, 6.07) is 6.09. The van der Waals surface area contributed by atoms with Crippen molar-refractivity contribution in [1.82, 2.24) is 9.80 Å². The maximum absolute atomic E-state index is 13.5. The molecule has 35 heavy (non-hydrogen) atoms. The molecule has 1 N–H and O–H groups in total. The molecule has 4 rings (SSSR count). The molecule has 10 heteroatoms. The average Bonchev–Trinajstić information content (AvgIpc) is 3.51. The molecular formula is C25H30N2O7S. The number of ketones is 1. The van der Waals surface area contributed by atoms with E-state index in [1.165, 1.54) is 32.7 Å². The van der Waals surface area contributed by atoms with Crippen LogP contribution in [-0.2, 0) is 9.53 Å². The van der Waals surface area contributed by atoms with Crippen LogP contribution in [0, 0.1) is 0 Å². The van der Waals surface area contributed by atoms with Crippen molar-refractivity contribution < 1.29 is 33.6 Å². The summed E-state index contributed by atoms with van der Waals surface area (Å²) in [5.41, 5.74) is 0.640. The van der Waals surface area contributed by atoms with E-state index in [1.807, 2.05) is 0 Å². The molecular weight excluding hydrogens is 472 g/mol. The summed E-state index contributed by atoms with van der Waals surface area (Å²) in [7, 11) is 4.52. The predicted octanol–water partition coefficient (Wildman–Crippen LogP) is 3.07. The second-order valence-corrected chi connectivity index (χ2v) is 9.18. The van der Waals surface area contributed by atoms with Gasteiger partial charge in [0.05, 0.1) is 51.0 Å². The number of aliphatic hydroxyl groups is 1. The van der Waals surface area contributed by atoms with E-state index in [-0.39, 0.29) is 11.4 Å². The maximum atomic E-state index is 13.5. The van der Waals surface area contributed by atoms with Gasteiger partial charge >= 0.3 is 0 Å². The van der Waals surface area contributed by atoms with Crippen LogP contribution in [0.3, 0.4) is 0 Å². The lowest BCUT2D eigenvalue weighted by Crippen LogP contribution is -2.39. The molecule has 1 atom stereocenters. The van der Waals surface area contributed by atoms with Crippen molar-refractivity contribution in [3.8, 4) is 17.2 Å². The molecule has 0 saturated carbocycles. The van der Waals surface area contributed by atoms with Crippen molar-refractivity contribution in [2.24, 2.45) is 0 Å². The third-order valence-electron chi connectivity index (χ3n) is 6.27. The number of hydrogen-bond donors (Lipinski definition) is 1. The Kier molecular flexibility index (Phi) is 7.94. The first-order valence-electron chi connectivity index (χ1n) is 11.4. The molecule has 1 amide bonds. The van der Waals surface area contributed by atoms with Crippen molar-refractivity contribution in [1.29, 1.82) is 0 Å². The fourth-order valence-corrected chi connectivity index (χ4v) is 5.23. The summed E-state index contributed by atoms with van der Waals surface area (Å²) in [4.78, 5) is 31.0. The zero-order valence-corrected chi connectivity index (χ0v) is 20.9. The van der Waals surface area contributed by atoms with Crippen LogP contribution in [-0.4, -0.2) is 87.3 Å². The SMILES string of the molecule is COc1cc([C@@H]2C(C(=O)c3cccs3)=C(O)C(=O)N2CCCN2CCOCC2)cc(OC)c1OC. The summed E-state index contributed by atoms with van der Waals surface area (Å²) < 4.78 is 21.9. The van der Waals surface area contributed by atoms with E-state index in [9.17, 15) is 14.7 Å². The number of benzene rings is 1. The highest BCUT2D eigenvalue weighted by atomic mass is 32.1. The number of Topliss-reactive ketones (excluding diaryl/α,β-unsaturated/α-hetero) is 1. The van der Waals surface area contributed by atoms with Crippen molar-refractivity contribution in [3.05, 3.63) is 51.4 Å². The van der Waals surface area contributed by atoms with Gasteiger partial charge in [0.2, 0.25) is 11.5 Å². The molecule has 1 aromatic carbocycles. The van der Waals surface area contributed by atoms with E-state index in [0.29, 0.717) is 53.9 Å². The van der Waals surface area contributed by atoms with Crippen LogP contribution in [0.2, 0.25) is 0 Å². The van der Waals surface area contributed by atoms with Gasteiger partial charge < -0.3 is 29.0 Å². The number of aliphatic hydroxyl groups excluding tert-OH is 1. The minimum atomic E-state index is -0.796. The highest BCUT2D eigenvalue weighted by Crippen LogP contribution is 2.45. The standard InChI is InChI=1S/C25H30N2O7S/c1-31-17-14-16(15-18(32-2)24(17)33-3)21-20(22(28)19-6-4-13-35-19)23(29)25(30)27(21)8-5-7-26-9-11-34-12-10-26/h4,6,13-15,21,29H,5,7-12H2,1-3H3/t21-/m1/s1. The molecule has 2 aliphatic heterocycles. The first-order valence-corrected chi connectivity index (χ1v) is 12.3. The predicted molar refractivity (Wildman–Crippen MR) is 131 cm³/mol. The number of morpholine rings is 1. The molecule has 0 spiro atoms. The fourth-order valence-electron chi connectivity index (χ4n) is 4.55. The van der Waals surface area contributed by atoms with Crippen molar-refractivity contribution in [3.63, 3.8) is 0 Å². The lowest BCUT2D eigenvalue weighted by molar-refractivity contribution is -0.129. The van der Waals surface area contributed by atoms with Gasteiger partial charge in [0.25, 0.3) is 5.91 Å². The van der Waals surface area contributed by atoms with Crippen LogP contribution in [0.4, 0.5) is 0 Å². The molecule has 0 radical (unpaired) electrons. The van der Waals surface area contributed by atoms with Crippen LogP contribution in [0.25, 0.3) is 0 Å². The smallest absolute Gasteiger partial charge is 0.290 e. The molecule has 0 unspecified atom stereocenters. The highest BCUT2D eigenvalue weighted by molar-refractivity contribution is 7.12. The Hall–Kier alpha value is -3.08. The Bertz CT molecular complexity index is 1070. The van der Waals surface area contributed by atoms with Gasteiger partial charge in [-0.05, 0) is 35.6 Å². The summed E-state index contributed by atoms with van der Waals surface area (Å²) >= 11 is 1.27. The Morgan fingerprint density at radius 1 is 1.11 bits per heavy atom. The highest BCUT2D eigenvalue weighted by Gasteiger charge is 2.44. The van der Waals surface area contributed by atoms with Crippen LogP contribution in [0.1, 0.15) is 27.7 Å². The third kappa shape index (κ3) is 5.00. The van der Waals surface area contributed by atoms with E-state index in [1.54, 1.807) is 34.5 Å². The van der Waals surface area contributed by atoms with Gasteiger partial charge in [-0.1, -0.05) is 6.07 Å². The van der Waals surface area contributed by atoms with Crippen molar-refractivity contribution in [2.75, 3.05) is 60.7 Å². The van der Waals surface area contributed by atoms with Crippen molar-refractivity contribution in [2.45, 2.75) is 12.5 Å². The zero-order valence-electron chi connectivity index (χ0n) is 20.1. The molecule has 188 valence electrons. The second-order valence-electron chi connectivity index (χ2n) is 8.24. The minimum Gasteiger partial charge on any atom is -0.503 e. The van der Waals surface area contributed by atoms with Gasteiger partial charge in [0.1, 0.15) is 0 Å². The van der Waals surface area contributed by atoms with Gasteiger partial charge in [0.15, 0.2) is 17.3 Å². The number of carbonyl (C=O) groups is 2. The topological polar surface area (TPSA) is 97.8 Å². The number of carbonyl (C=O) groups excluding carboxylic acids is 2. The Balaban J connectivity index is 1.71. The third-order valence-corrected chi connectivity index (χ3v) is 7.14. The van der Waals surface area contributed by atoms with Gasteiger partial charge in [-0.2, -0.15) is 0 Å². The molecule has 1 saturated heterocycles. The number of amides is 1. The largest absolute Gasteiger partial charge is 0.503 e. The molecule has 9 nitrogen and oxygen atoms in total. The van der Waals surface area contributed by atoms with E-state index >= 15 is 0 Å². The Morgan fingerprint density at radius 2 is 1.80 bits per heavy atom. The number of hydrogen-bond acceptors (Lipinski definition) is 9. The van der Waals surface area contributed by atoms with Crippen LogP contribution >= 0.6 is 11.3 Å². The monoisotopic (exact) mass is 502 g/mol. The Morgan fingerprint density at radius 3 is 2.37 bits per heavy atom. The van der Waals surface area contributed by atoms with Crippen LogP contribution in [0.5, 0.6) is 17.2 Å². The van der Waals surface area contributed by atoms with E-state index in [2.05, 4.69) is 4.90 Å². The number of ether oxygens (including phenoxy) is 4. The van der Waals surface area contributed by atoms with E-state index in [4.69, 9.17) is 18.9 Å². The average molecular weight is 503 g/mol. The minimum absolute atomic E-state index is 0.0538. The fraction of sp³-hybridized carbons (Fsp3) is 0.440. The molecule has 1 aromatic heterocycles. The quantitative estimate of drug-likeness (QED) is 0.495. The van der Waals surface area contributed by atoms with Crippen LogP contribution in [0.15, 0.2) is 41.0 Å². The summed E-state index contributed by atoms with van der Waals surface area (Å²) in [6.45, 7) is 4.22. The lowest BCUT2D eigenvalue weighted by atomic mass is 9.94. The summed E-state index contributed by atoms with van der Waals surface area (Å²) in [5, 5.41) is 12.7. The number of nitrogens with zero attached hydrogens (tertiary/aromatic N) is 2. The van der Waals surface area contributed by atoms with Gasteiger partial charge in [-0.25, -0.2) is 0 Å². The number of thiophene rings is 1. The molecule has 3 heterocycles. The van der Waals surface area contributed by atoms with Gasteiger partial charge in [-0.15, -0.1) is 11.3 Å². The summed E-state index contributed by atoms with van der Waals surface area (Å²) in [5.74, 6) is -0.255. The molecule has 1 fully saturated rings. The van der Waals surface area contributed by atoms with Gasteiger partial charge in [0, 0.05) is 26.2 Å². The molecule has 0 aliphatic carbocycles. The molecule has 2 aliphatic rings. The van der Waals surface area contributed by atoms with Crippen LogP contribution < -0.4 is 14.2 Å². The van der Waals surface area contributed by atoms with Crippen molar-refractivity contribution >= 4 is 23.0 Å². The van der Waals surface area contributed by atoms with E-state index in [0.717, 1.165) is 19.6 Å². The molecule has 2 aromatic rings. The number of methoxy groups -OCH3 is 3. The molecule has 0 bridgehead atoms.